The standard InChI is InChI=1S/C42H55F6N13O4/c1-50-24-54-11-7-4-8-36(62)60-33-18-27(42(46,47)48)19-34(38(33)65-30-10-15-53-23-30)61-39(63)35-20-28(58-25-59-35)21-57-32-17-26(41(43,44)45)16-31(37(32)64-29-9-14-52-22-29)55-12-5-3-6-13-56-40(49)51-2/h16-20,25,29-30,52-55,57H,1-15,21-24H2,(H2,49,56)(H,60,62)(H,61,63). The lowest BCUT2D eigenvalue weighted by atomic mass is 10.1. The molecular formula is C42H55F6N13O4. The summed E-state index contributed by atoms with van der Waals surface area (Å²) >= 11 is 0. The average molecular weight is 920 g/mol. The molecule has 1 aromatic heterocycles. The predicted molar refractivity (Wildman–Crippen MR) is 237 cm³/mol. The Morgan fingerprint density at radius 3 is 1.97 bits per heavy atom. The molecular weight excluding hydrogens is 865 g/mol. The molecule has 2 atom stereocenters. The summed E-state index contributed by atoms with van der Waals surface area (Å²) in [7, 11) is 0. The van der Waals surface area contributed by atoms with Crippen molar-refractivity contribution < 1.29 is 45.4 Å². The first-order valence-electron chi connectivity index (χ1n) is 21.2. The fourth-order valence-electron chi connectivity index (χ4n) is 6.86. The second-order valence-corrected chi connectivity index (χ2v) is 15.2. The highest BCUT2D eigenvalue weighted by molar-refractivity contribution is 6.05. The first-order valence-corrected chi connectivity index (χ1v) is 21.2. The van der Waals surface area contributed by atoms with E-state index in [4.69, 9.17) is 15.2 Å². The summed E-state index contributed by atoms with van der Waals surface area (Å²) in [6, 6.07) is 4.63. The number of unbranched alkanes of at least 4 members (excludes halogenated alkanes) is 3. The molecule has 0 radical (unpaired) electrons. The molecule has 0 saturated carbocycles. The zero-order valence-corrected chi connectivity index (χ0v) is 35.8. The first kappa shape index (κ1) is 49.9. The van der Waals surface area contributed by atoms with Gasteiger partial charge in [0.1, 0.15) is 24.2 Å². The summed E-state index contributed by atoms with van der Waals surface area (Å²) in [4.78, 5) is 46.3. The molecule has 9 N–H and O–H groups in total. The van der Waals surface area contributed by atoms with Gasteiger partial charge in [-0.25, -0.2) is 15.0 Å². The molecule has 354 valence electrons. The maximum atomic E-state index is 14.3. The number of aliphatic imine (C=N–C) groups is 3. The van der Waals surface area contributed by atoms with Gasteiger partial charge in [0.2, 0.25) is 11.9 Å². The van der Waals surface area contributed by atoms with Crippen molar-refractivity contribution in [3.05, 3.63) is 59.2 Å². The minimum Gasteiger partial charge on any atom is -0.485 e. The number of alkyl halides is 6. The van der Waals surface area contributed by atoms with E-state index in [-0.39, 0.29) is 70.7 Å². The van der Waals surface area contributed by atoms with Gasteiger partial charge in [0.25, 0.3) is 5.91 Å². The summed E-state index contributed by atoms with van der Waals surface area (Å²) in [5, 5.41) is 20.4. The number of carbonyl (C=O) groups excluding carboxylic acids is 2. The fourth-order valence-corrected chi connectivity index (χ4v) is 6.86. The third-order valence-electron chi connectivity index (χ3n) is 10.2. The van der Waals surface area contributed by atoms with Crippen LogP contribution in [0, 0.1) is 0 Å². The highest BCUT2D eigenvalue weighted by Gasteiger charge is 2.35. The van der Waals surface area contributed by atoms with E-state index in [1.165, 1.54) is 6.07 Å². The Morgan fingerprint density at radius 2 is 1.37 bits per heavy atom. The van der Waals surface area contributed by atoms with E-state index in [2.05, 4.69) is 75.6 Å². The highest BCUT2D eigenvalue weighted by Crippen LogP contribution is 2.43. The van der Waals surface area contributed by atoms with Crippen LogP contribution >= 0.6 is 0 Å². The summed E-state index contributed by atoms with van der Waals surface area (Å²) < 4.78 is 98.2. The summed E-state index contributed by atoms with van der Waals surface area (Å²) in [5.41, 5.74) is 2.79. The number of halogens is 6. The van der Waals surface area contributed by atoms with Crippen LogP contribution in [0.3, 0.4) is 0 Å². The first-order chi connectivity index (χ1) is 31.1. The number of hydrogen-bond acceptors (Lipinski definition) is 13. The van der Waals surface area contributed by atoms with Gasteiger partial charge in [0.15, 0.2) is 11.5 Å². The number of anilines is 4. The number of hydrogen-bond donors (Lipinski definition) is 8. The molecule has 5 rings (SSSR count). The van der Waals surface area contributed by atoms with Gasteiger partial charge in [-0.1, -0.05) is 0 Å². The number of ether oxygens (including phenoxy) is 2. The monoisotopic (exact) mass is 919 g/mol. The third-order valence-corrected chi connectivity index (χ3v) is 10.2. The van der Waals surface area contributed by atoms with E-state index in [1.54, 1.807) is 0 Å². The Bertz CT molecular complexity index is 2110. The summed E-state index contributed by atoms with van der Waals surface area (Å²) in [6.07, 6.45) is -5.28. The van der Waals surface area contributed by atoms with Crippen molar-refractivity contribution in [1.82, 2.24) is 25.9 Å². The molecule has 23 heteroatoms. The molecule has 65 heavy (non-hydrogen) atoms. The molecule has 0 spiro atoms. The normalized spacial score (nSPS) is 16.5. The average Bonchev–Trinajstić information content (AvgIpc) is 4.00. The number of benzene rings is 2. The Kier molecular flexibility index (Phi) is 18.7. The molecule has 0 bridgehead atoms. The van der Waals surface area contributed by atoms with E-state index in [1.807, 2.05) is 0 Å². The van der Waals surface area contributed by atoms with Crippen LogP contribution in [0.4, 0.5) is 49.1 Å². The van der Waals surface area contributed by atoms with E-state index >= 15 is 0 Å². The molecule has 2 unspecified atom stereocenters. The summed E-state index contributed by atoms with van der Waals surface area (Å²) in [5.74, 6) is -1.45. The van der Waals surface area contributed by atoms with Gasteiger partial charge in [-0.05, 0) is 108 Å². The third kappa shape index (κ3) is 15.8. The van der Waals surface area contributed by atoms with Crippen molar-refractivity contribution in [2.75, 3.05) is 73.7 Å². The van der Waals surface area contributed by atoms with E-state index in [0.29, 0.717) is 103 Å². The molecule has 2 aliphatic heterocycles. The van der Waals surface area contributed by atoms with Crippen molar-refractivity contribution in [2.24, 2.45) is 20.7 Å². The Morgan fingerprint density at radius 1 is 0.769 bits per heavy atom. The number of nitrogens with one attached hydrogen (secondary N) is 7. The van der Waals surface area contributed by atoms with Crippen LogP contribution in [-0.2, 0) is 23.7 Å². The number of nitrogens with zero attached hydrogens (tertiary/aromatic N) is 5. The molecule has 2 fully saturated rings. The van der Waals surface area contributed by atoms with Crippen LogP contribution in [-0.4, -0.2) is 106 Å². The SMILES string of the molecule is C=NCNCCCCC(=O)Nc1cc(C(F)(F)F)cc(NC(=O)c2cc(CNc3cc(C(F)(F)F)cc(NCCCCCN=C(N)N=C)c3OC3CCNC3)ncn2)c1OC1CCNC1. The number of guanidine groups is 1. The summed E-state index contributed by atoms with van der Waals surface area (Å²) in [6.45, 7) is 10.2. The van der Waals surface area contributed by atoms with Gasteiger partial charge in [-0.2, -0.15) is 26.3 Å². The van der Waals surface area contributed by atoms with Crippen LogP contribution in [0.5, 0.6) is 11.5 Å². The van der Waals surface area contributed by atoms with Crippen molar-refractivity contribution in [1.29, 1.82) is 0 Å². The van der Waals surface area contributed by atoms with Crippen LogP contribution in [0.1, 0.15) is 78.7 Å². The molecule has 3 aromatic rings. The molecule has 2 aliphatic rings. The zero-order valence-electron chi connectivity index (χ0n) is 35.8. The Hall–Kier alpha value is -6.07. The van der Waals surface area contributed by atoms with Gasteiger partial charge < -0.3 is 47.1 Å². The maximum absolute atomic E-state index is 14.3. The minimum atomic E-state index is -4.88. The molecule has 17 nitrogen and oxygen atoms in total. The molecule has 0 aliphatic carbocycles. The largest absolute Gasteiger partial charge is 0.485 e. The van der Waals surface area contributed by atoms with Crippen LogP contribution in [0.2, 0.25) is 0 Å². The number of aromatic nitrogens is 2. The second-order valence-electron chi connectivity index (χ2n) is 15.2. The molecule has 2 amide bonds. The van der Waals surface area contributed by atoms with Gasteiger partial charge in [0, 0.05) is 32.6 Å². The predicted octanol–water partition coefficient (Wildman–Crippen LogP) is 5.81. The van der Waals surface area contributed by atoms with E-state index < -0.39 is 41.4 Å². The smallest absolute Gasteiger partial charge is 0.416 e. The number of amides is 2. The topological polar surface area (TPSA) is 226 Å². The van der Waals surface area contributed by atoms with Crippen molar-refractivity contribution in [3.63, 3.8) is 0 Å². The van der Waals surface area contributed by atoms with Crippen LogP contribution in [0.25, 0.3) is 0 Å². The molecule has 2 saturated heterocycles. The molecule has 3 heterocycles. The number of nitrogens with two attached hydrogens (primary N) is 1. The highest BCUT2D eigenvalue weighted by atomic mass is 19.4. The second kappa shape index (κ2) is 24.3. The maximum Gasteiger partial charge on any atom is 0.416 e. The van der Waals surface area contributed by atoms with Crippen LogP contribution in [0.15, 0.2) is 51.6 Å². The van der Waals surface area contributed by atoms with Gasteiger partial charge in [-0.15, -0.1) is 0 Å². The van der Waals surface area contributed by atoms with Crippen molar-refractivity contribution in [2.45, 2.75) is 82.5 Å². The zero-order chi connectivity index (χ0) is 46.8. The molecule has 2 aromatic carbocycles. The lowest BCUT2D eigenvalue weighted by Crippen LogP contribution is -2.24. The van der Waals surface area contributed by atoms with Gasteiger partial charge in [-0.3, -0.25) is 24.9 Å². The van der Waals surface area contributed by atoms with Crippen molar-refractivity contribution in [3.8, 4) is 11.5 Å². The quantitative estimate of drug-likeness (QED) is 0.0231. The number of rotatable bonds is 24. The van der Waals surface area contributed by atoms with Gasteiger partial charge in [0.05, 0.1) is 52.8 Å². The van der Waals surface area contributed by atoms with Gasteiger partial charge >= 0.3 is 12.4 Å². The van der Waals surface area contributed by atoms with Crippen molar-refractivity contribution >= 4 is 54.0 Å². The number of carbonyl (C=O) groups is 2. The lowest BCUT2D eigenvalue weighted by molar-refractivity contribution is -0.138. The van der Waals surface area contributed by atoms with E-state index in [9.17, 15) is 35.9 Å². The Labute approximate surface area is 372 Å². The lowest BCUT2D eigenvalue weighted by Gasteiger charge is -2.23. The Balaban J connectivity index is 1.37. The van der Waals surface area contributed by atoms with Crippen LogP contribution < -0.4 is 52.4 Å². The fraction of sp³-hybridized carbons (Fsp3) is 0.500. The van der Waals surface area contributed by atoms with E-state index in [0.717, 1.165) is 24.5 Å². The minimum absolute atomic E-state index is 0.00368.